The van der Waals surface area contributed by atoms with E-state index in [-0.39, 0.29) is 23.4 Å². The molecule has 11 heteroatoms. The molecule has 0 saturated heterocycles. The molecule has 0 bridgehead atoms. The van der Waals surface area contributed by atoms with E-state index in [1.165, 1.54) is 29.8 Å². The van der Waals surface area contributed by atoms with Crippen LogP contribution in [0.3, 0.4) is 0 Å². The third kappa shape index (κ3) is 2.92. The summed E-state index contributed by atoms with van der Waals surface area (Å²) in [5.41, 5.74) is -1.86. The molecular weight excluding hydrogens is 372 g/mol. The first-order valence-corrected chi connectivity index (χ1v) is 8.13. The molecule has 0 atom stereocenters. The van der Waals surface area contributed by atoms with Crippen LogP contribution in [0.1, 0.15) is 17.3 Å². The quantitative estimate of drug-likeness (QED) is 0.623. The number of hydrogen-bond donors (Lipinski definition) is 1. The molecule has 2 aromatic heterocycles. The van der Waals surface area contributed by atoms with Crippen LogP contribution in [0.2, 0.25) is 0 Å². The molecule has 1 aromatic carbocycles. The minimum Gasteiger partial charge on any atom is -0.462 e. The van der Waals surface area contributed by atoms with E-state index in [4.69, 9.17) is 4.74 Å². The summed E-state index contributed by atoms with van der Waals surface area (Å²) in [6, 6.07) is 4.41. The van der Waals surface area contributed by atoms with Gasteiger partial charge in [-0.2, -0.15) is 4.57 Å². The molecular formula is C17H16N4O7. The summed E-state index contributed by atoms with van der Waals surface area (Å²) in [5.74, 6) is -0.884. The first-order valence-electron chi connectivity index (χ1n) is 8.13. The second-order valence-electron chi connectivity index (χ2n) is 5.71. The normalized spacial score (nSPS) is 10.8. The average Bonchev–Trinajstić information content (AvgIpc) is 2.91. The van der Waals surface area contributed by atoms with Gasteiger partial charge in [0.05, 0.1) is 30.4 Å². The Morgan fingerprint density at radius 3 is 2.50 bits per heavy atom. The van der Waals surface area contributed by atoms with Crippen LogP contribution < -0.4 is 16.9 Å². The summed E-state index contributed by atoms with van der Waals surface area (Å²) in [4.78, 5) is 62.4. The fourth-order valence-electron chi connectivity index (χ4n) is 2.77. The molecule has 0 aliphatic carbocycles. The van der Waals surface area contributed by atoms with Gasteiger partial charge in [0.25, 0.3) is 5.56 Å². The number of hydrogen-bond acceptors (Lipinski definition) is 7. The highest BCUT2D eigenvalue weighted by molar-refractivity contribution is 5.89. The van der Waals surface area contributed by atoms with E-state index in [1.807, 2.05) is 4.98 Å². The van der Waals surface area contributed by atoms with E-state index in [0.717, 1.165) is 22.4 Å². The van der Waals surface area contributed by atoms with Crippen LogP contribution in [0.5, 0.6) is 0 Å². The van der Waals surface area contributed by atoms with Gasteiger partial charge >= 0.3 is 23.4 Å². The molecule has 2 heterocycles. The van der Waals surface area contributed by atoms with Gasteiger partial charge in [0.15, 0.2) is 0 Å². The molecule has 0 radical (unpaired) electrons. The third-order valence-electron chi connectivity index (χ3n) is 4.11. The lowest BCUT2D eigenvalue weighted by molar-refractivity contribution is 0.0523. The number of carbonyl (C=O) groups excluding carboxylic acids is 2. The number of nitrogens with zero attached hydrogens (tertiary/aromatic N) is 3. The molecule has 3 aromatic rings. The smallest absolute Gasteiger partial charge is 0.422 e. The van der Waals surface area contributed by atoms with Crippen molar-refractivity contribution in [2.45, 2.75) is 6.92 Å². The minimum absolute atomic E-state index is 0.0543. The van der Waals surface area contributed by atoms with Crippen molar-refractivity contribution in [3.63, 3.8) is 0 Å². The molecule has 0 unspecified atom stereocenters. The first kappa shape index (κ1) is 18.9. The Hall–Kier alpha value is -3.89. The predicted octanol–water partition coefficient (Wildman–Crippen LogP) is -0.0296. The van der Waals surface area contributed by atoms with Gasteiger partial charge in [0.2, 0.25) is 0 Å². The van der Waals surface area contributed by atoms with Crippen LogP contribution in [0, 0.1) is 0 Å². The first-order chi connectivity index (χ1) is 13.3. The number of fused-ring (bicyclic) bond motifs is 1. The van der Waals surface area contributed by atoms with Crippen molar-refractivity contribution in [2.24, 2.45) is 7.05 Å². The van der Waals surface area contributed by atoms with E-state index < -0.39 is 29.0 Å². The largest absolute Gasteiger partial charge is 0.462 e. The second kappa shape index (κ2) is 7.02. The third-order valence-corrected chi connectivity index (χ3v) is 4.11. The predicted molar refractivity (Wildman–Crippen MR) is 97.2 cm³/mol. The molecule has 0 aliphatic heterocycles. The Labute approximate surface area is 156 Å². The van der Waals surface area contributed by atoms with Crippen LogP contribution in [-0.2, 0) is 16.5 Å². The van der Waals surface area contributed by atoms with Crippen molar-refractivity contribution in [3.8, 4) is 5.69 Å². The number of benzene rings is 1. The van der Waals surface area contributed by atoms with E-state index >= 15 is 0 Å². The van der Waals surface area contributed by atoms with Crippen LogP contribution >= 0.6 is 0 Å². The Morgan fingerprint density at radius 2 is 1.86 bits per heavy atom. The highest BCUT2D eigenvalue weighted by Crippen LogP contribution is 2.17. The Bertz CT molecular complexity index is 1280. The maximum atomic E-state index is 12.3. The summed E-state index contributed by atoms with van der Waals surface area (Å²) in [5, 5.41) is 0. The van der Waals surface area contributed by atoms with Crippen LogP contribution in [0.25, 0.3) is 16.7 Å². The van der Waals surface area contributed by atoms with E-state index in [9.17, 15) is 24.0 Å². The molecule has 0 saturated carbocycles. The zero-order valence-corrected chi connectivity index (χ0v) is 15.2. The highest BCUT2D eigenvalue weighted by Gasteiger charge is 2.19. The van der Waals surface area contributed by atoms with Gasteiger partial charge in [0.1, 0.15) is 5.56 Å². The number of H-pyrrole nitrogens is 1. The Balaban J connectivity index is 2.28. The summed E-state index contributed by atoms with van der Waals surface area (Å²) in [6.45, 7) is 1.64. The van der Waals surface area contributed by atoms with Crippen molar-refractivity contribution < 1.29 is 19.1 Å². The number of esters is 1. The number of aromatic nitrogens is 4. The van der Waals surface area contributed by atoms with Gasteiger partial charge in [-0.25, -0.2) is 19.2 Å². The van der Waals surface area contributed by atoms with Crippen molar-refractivity contribution >= 4 is 23.1 Å². The van der Waals surface area contributed by atoms with Gasteiger partial charge in [-0.1, -0.05) is 0 Å². The van der Waals surface area contributed by atoms with Gasteiger partial charge in [-0.05, 0) is 25.1 Å². The van der Waals surface area contributed by atoms with Crippen LogP contribution in [-0.4, -0.2) is 44.5 Å². The molecule has 0 spiro atoms. The highest BCUT2D eigenvalue weighted by atomic mass is 16.5. The molecule has 3 rings (SSSR count). The number of imidazole rings is 1. The fourth-order valence-corrected chi connectivity index (χ4v) is 2.77. The standard InChI is InChI=1S/C17H16N4O7/c1-4-28-14(23)10-8-20(15(24)18-13(10)22)9-5-6-11-12(7-9)21(17(26)27-3)16(25)19(11)2/h5-8H,4H2,1-3H3,(H,18,22,24). The van der Waals surface area contributed by atoms with Gasteiger partial charge in [-0.15, -0.1) is 0 Å². The minimum atomic E-state index is -0.895. The fraction of sp³-hybridized carbons (Fsp3) is 0.235. The molecule has 146 valence electrons. The number of aryl methyl sites for hydroxylation is 1. The van der Waals surface area contributed by atoms with E-state index in [1.54, 1.807) is 6.92 Å². The van der Waals surface area contributed by atoms with Gasteiger partial charge < -0.3 is 9.47 Å². The monoisotopic (exact) mass is 388 g/mol. The van der Waals surface area contributed by atoms with Crippen molar-refractivity contribution in [1.82, 2.24) is 18.7 Å². The number of methoxy groups -OCH3 is 1. The summed E-state index contributed by atoms with van der Waals surface area (Å²) >= 11 is 0. The second-order valence-corrected chi connectivity index (χ2v) is 5.71. The molecule has 0 fully saturated rings. The van der Waals surface area contributed by atoms with E-state index in [0.29, 0.717) is 5.52 Å². The zero-order chi connectivity index (χ0) is 20.6. The SMILES string of the molecule is CCOC(=O)c1cn(-c2ccc3c(c2)n(C(=O)OC)c(=O)n3C)c(=O)[nH]c1=O. The average molecular weight is 388 g/mol. The lowest BCUT2D eigenvalue weighted by Gasteiger charge is -2.08. The zero-order valence-electron chi connectivity index (χ0n) is 15.2. The lowest BCUT2D eigenvalue weighted by Crippen LogP contribution is -2.33. The Morgan fingerprint density at radius 1 is 1.14 bits per heavy atom. The van der Waals surface area contributed by atoms with Crippen LogP contribution in [0.4, 0.5) is 4.79 Å². The van der Waals surface area contributed by atoms with Crippen molar-refractivity contribution in [2.75, 3.05) is 13.7 Å². The number of carbonyl (C=O) groups is 2. The topological polar surface area (TPSA) is 134 Å². The number of aromatic amines is 1. The molecule has 1 N–H and O–H groups in total. The maximum Gasteiger partial charge on any atom is 0.422 e. The van der Waals surface area contributed by atoms with Gasteiger partial charge in [0, 0.05) is 13.2 Å². The van der Waals surface area contributed by atoms with Gasteiger partial charge in [-0.3, -0.25) is 18.9 Å². The molecule has 28 heavy (non-hydrogen) atoms. The maximum absolute atomic E-state index is 12.3. The van der Waals surface area contributed by atoms with Crippen LogP contribution in [0.15, 0.2) is 38.8 Å². The number of nitrogens with one attached hydrogen (secondary N) is 1. The summed E-state index contributed by atoms with van der Waals surface area (Å²) < 4.78 is 12.5. The molecule has 0 aliphatic rings. The number of rotatable bonds is 3. The van der Waals surface area contributed by atoms with Crippen molar-refractivity contribution in [3.05, 3.63) is 61.3 Å². The molecule has 11 nitrogen and oxygen atoms in total. The summed E-state index contributed by atoms with van der Waals surface area (Å²) in [7, 11) is 2.62. The van der Waals surface area contributed by atoms with E-state index in [2.05, 4.69) is 4.74 Å². The molecule has 0 amide bonds. The summed E-state index contributed by atoms with van der Waals surface area (Å²) in [6.07, 6.45) is 0.151. The Kier molecular flexibility index (Phi) is 4.74. The number of ether oxygens (including phenoxy) is 2. The van der Waals surface area contributed by atoms with Crippen molar-refractivity contribution in [1.29, 1.82) is 0 Å². The lowest BCUT2D eigenvalue weighted by atomic mass is 10.2.